The first-order chi connectivity index (χ1) is 13.9. The van der Waals surface area contributed by atoms with Crippen LogP contribution in [0.15, 0.2) is 84.0 Å². The van der Waals surface area contributed by atoms with Crippen molar-refractivity contribution < 1.29 is 17.6 Å². The van der Waals surface area contributed by atoms with E-state index in [9.17, 15) is 17.6 Å². The fourth-order valence-corrected chi connectivity index (χ4v) is 3.82. The van der Waals surface area contributed by atoms with Gasteiger partial charge in [-0.25, -0.2) is 22.5 Å². The molecule has 0 bridgehead atoms. The molecule has 0 radical (unpaired) electrons. The summed E-state index contributed by atoms with van der Waals surface area (Å²) in [6.45, 7) is 0. The number of carbonyl (C=O) groups is 1. The number of aromatic nitrogens is 2. The van der Waals surface area contributed by atoms with Crippen LogP contribution < -0.4 is 10.1 Å². The van der Waals surface area contributed by atoms with Gasteiger partial charge in [0.1, 0.15) is 12.1 Å². The number of imidazole rings is 1. The number of rotatable bonds is 5. The minimum absolute atomic E-state index is 0.0922. The second-order valence-electron chi connectivity index (χ2n) is 6.15. The minimum atomic E-state index is -3.99. The van der Waals surface area contributed by atoms with Gasteiger partial charge in [0, 0.05) is 5.56 Å². The Morgan fingerprint density at radius 3 is 2.38 bits per heavy atom. The predicted octanol–water partition coefficient (Wildman–Crippen LogP) is 3.36. The maximum Gasteiger partial charge on any atom is 0.270 e. The summed E-state index contributed by atoms with van der Waals surface area (Å²) in [6.07, 6.45) is 1.49. The van der Waals surface area contributed by atoms with E-state index in [2.05, 4.69) is 15.1 Å². The van der Waals surface area contributed by atoms with Gasteiger partial charge >= 0.3 is 0 Å². The van der Waals surface area contributed by atoms with Crippen LogP contribution in [0.1, 0.15) is 10.4 Å². The van der Waals surface area contributed by atoms with Crippen LogP contribution in [0.25, 0.3) is 11.0 Å². The molecule has 146 valence electrons. The SMILES string of the molecule is O=C(Nn1cnc2ccccc21)c1ccc(S(=O)(=O)Nc2ccccc2F)cc1. The smallest absolute Gasteiger partial charge is 0.270 e. The number of benzene rings is 3. The van der Waals surface area contributed by atoms with Crippen molar-refractivity contribution in [2.24, 2.45) is 0 Å². The molecule has 0 unspecified atom stereocenters. The number of amides is 1. The van der Waals surface area contributed by atoms with E-state index in [1.165, 1.54) is 53.5 Å². The number of sulfonamides is 1. The number of anilines is 1. The van der Waals surface area contributed by atoms with E-state index in [0.717, 1.165) is 17.1 Å². The largest absolute Gasteiger partial charge is 0.277 e. The molecule has 0 aliphatic rings. The zero-order valence-electron chi connectivity index (χ0n) is 14.9. The molecule has 1 aromatic heterocycles. The number of nitrogens with one attached hydrogen (secondary N) is 2. The van der Waals surface area contributed by atoms with Gasteiger partial charge in [0.2, 0.25) is 0 Å². The number of nitrogens with zero attached hydrogens (tertiary/aromatic N) is 2. The number of carbonyl (C=O) groups excluding carboxylic acids is 1. The maximum absolute atomic E-state index is 13.7. The van der Waals surface area contributed by atoms with E-state index in [4.69, 9.17) is 0 Å². The van der Waals surface area contributed by atoms with Crippen molar-refractivity contribution in [3.63, 3.8) is 0 Å². The molecule has 9 heteroatoms. The third kappa shape index (κ3) is 3.81. The standard InChI is InChI=1S/C20H15FN4O3S/c21-16-5-1-2-6-17(16)24-29(27,28)15-11-9-14(10-12-15)20(26)23-25-13-22-18-7-3-4-8-19(18)25/h1-13,24H,(H,23,26). The number of hydrogen-bond donors (Lipinski definition) is 2. The Balaban J connectivity index is 1.52. The Bertz CT molecular complexity index is 1300. The van der Waals surface area contributed by atoms with Gasteiger partial charge in [-0.15, -0.1) is 0 Å². The van der Waals surface area contributed by atoms with Crippen molar-refractivity contribution in [1.29, 1.82) is 0 Å². The lowest BCUT2D eigenvalue weighted by atomic mass is 10.2. The van der Waals surface area contributed by atoms with Crippen molar-refractivity contribution in [2.75, 3.05) is 10.1 Å². The molecule has 0 fully saturated rings. The number of para-hydroxylation sites is 3. The van der Waals surface area contributed by atoms with Crippen LogP contribution >= 0.6 is 0 Å². The Kier molecular flexibility index (Phi) is 4.73. The van der Waals surface area contributed by atoms with E-state index < -0.39 is 21.7 Å². The lowest BCUT2D eigenvalue weighted by molar-refractivity contribution is 0.101. The quantitative estimate of drug-likeness (QED) is 0.528. The second kappa shape index (κ2) is 7.36. The van der Waals surface area contributed by atoms with E-state index in [1.807, 2.05) is 24.3 Å². The van der Waals surface area contributed by atoms with Crippen molar-refractivity contribution in [3.05, 3.63) is 90.5 Å². The molecular weight excluding hydrogens is 395 g/mol. The maximum atomic E-state index is 13.7. The molecule has 4 aromatic rings. The van der Waals surface area contributed by atoms with E-state index in [0.29, 0.717) is 0 Å². The van der Waals surface area contributed by atoms with Gasteiger partial charge in [0.05, 0.1) is 21.6 Å². The molecule has 29 heavy (non-hydrogen) atoms. The molecule has 2 N–H and O–H groups in total. The molecule has 0 atom stereocenters. The lowest BCUT2D eigenvalue weighted by Gasteiger charge is -2.10. The lowest BCUT2D eigenvalue weighted by Crippen LogP contribution is -2.22. The highest BCUT2D eigenvalue weighted by Gasteiger charge is 2.17. The topological polar surface area (TPSA) is 93.1 Å². The molecule has 0 saturated heterocycles. The molecule has 3 aromatic carbocycles. The predicted molar refractivity (Wildman–Crippen MR) is 107 cm³/mol. The van der Waals surface area contributed by atoms with Crippen LogP contribution in [0.3, 0.4) is 0 Å². The average Bonchev–Trinajstić information content (AvgIpc) is 3.13. The van der Waals surface area contributed by atoms with Crippen LogP contribution in [0.5, 0.6) is 0 Å². The fourth-order valence-electron chi connectivity index (χ4n) is 2.76. The summed E-state index contributed by atoms with van der Waals surface area (Å²) >= 11 is 0. The molecule has 0 aliphatic heterocycles. The Hall–Kier alpha value is -3.72. The number of fused-ring (bicyclic) bond motifs is 1. The van der Waals surface area contributed by atoms with Crippen molar-refractivity contribution in [1.82, 2.24) is 9.66 Å². The average molecular weight is 410 g/mol. The number of halogens is 1. The van der Waals surface area contributed by atoms with Crippen molar-refractivity contribution in [2.45, 2.75) is 4.90 Å². The molecule has 7 nitrogen and oxygen atoms in total. The van der Waals surface area contributed by atoms with E-state index in [-0.39, 0.29) is 16.1 Å². The second-order valence-corrected chi connectivity index (χ2v) is 7.84. The minimum Gasteiger partial charge on any atom is -0.277 e. The van der Waals surface area contributed by atoms with Gasteiger partial charge in [0.15, 0.2) is 0 Å². The van der Waals surface area contributed by atoms with Gasteiger partial charge in [-0.2, -0.15) is 0 Å². The summed E-state index contributed by atoms with van der Waals surface area (Å²) in [5, 5.41) is 0. The fraction of sp³-hybridized carbons (Fsp3) is 0. The molecule has 0 saturated carbocycles. The van der Waals surface area contributed by atoms with Crippen LogP contribution in [0, 0.1) is 5.82 Å². The Morgan fingerprint density at radius 2 is 1.62 bits per heavy atom. The molecule has 4 rings (SSSR count). The summed E-state index contributed by atoms with van der Waals surface area (Å²) in [5.41, 5.74) is 4.25. The van der Waals surface area contributed by atoms with Gasteiger partial charge in [-0.1, -0.05) is 24.3 Å². The highest BCUT2D eigenvalue weighted by atomic mass is 32.2. The molecular formula is C20H15FN4O3S. The first kappa shape index (κ1) is 18.6. The first-order valence-corrected chi connectivity index (χ1v) is 10.0. The normalized spacial score (nSPS) is 11.3. The van der Waals surface area contributed by atoms with Crippen LogP contribution in [0.2, 0.25) is 0 Å². The summed E-state index contributed by atoms with van der Waals surface area (Å²) in [5.74, 6) is -1.11. The summed E-state index contributed by atoms with van der Waals surface area (Å²) < 4.78 is 42.3. The first-order valence-electron chi connectivity index (χ1n) is 8.55. The van der Waals surface area contributed by atoms with Gasteiger partial charge in [0.25, 0.3) is 15.9 Å². The van der Waals surface area contributed by atoms with Crippen LogP contribution in [-0.2, 0) is 10.0 Å². The Morgan fingerprint density at radius 1 is 0.931 bits per heavy atom. The summed E-state index contributed by atoms with van der Waals surface area (Å²) in [6, 6.07) is 18.1. The van der Waals surface area contributed by atoms with E-state index in [1.54, 1.807) is 0 Å². The van der Waals surface area contributed by atoms with Crippen LogP contribution in [-0.4, -0.2) is 24.0 Å². The van der Waals surface area contributed by atoms with Crippen molar-refractivity contribution >= 4 is 32.7 Å². The molecule has 1 amide bonds. The highest BCUT2D eigenvalue weighted by molar-refractivity contribution is 7.92. The summed E-state index contributed by atoms with van der Waals surface area (Å²) in [4.78, 5) is 16.6. The zero-order chi connectivity index (χ0) is 20.4. The summed E-state index contributed by atoms with van der Waals surface area (Å²) in [7, 11) is -3.99. The third-order valence-electron chi connectivity index (χ3n) is 4.22. The van der Waals surface area contributed by atoms with Gasteiger partial charge < -0.3 is 0 Å². The van der Waals surface area contributed by atoms with Gasteiger partial charge in [-0.05, 0) is 48.5 Å². The highest BCUT2D eigenvalue weighted by Crippen LogP contribution is 2.19. The Labute approximate surface area is 165 Å². The number of hydrogen-bond acceptors (Lipinski definition) is 4. The van der Waals surface area contributed by atoms with Gasteiger partial charge in [-0.3, -0.25) is 14.9 Å². The molecule has 0 aliphatic carbocycles. The monoisotopic (exact) mass is 410 g/mol. The zero-order valence-corrected chi connectivity index (χ0v) is 15.7. The third-order valence-corrected chi connectivity index (χ3v) is 5.60. The van der Waals surface area contributed by atoms with Crippen LogP contribution in [0.4, 0.5) is 10.1 Å². The van der Waals surface area contributed by atoms with Crippen molar-refractivity contribution in [3.8, 4) is 0 Å². The molecule has 0 spiro atoms. The van der Waals surface area contributed by atoms with E-state index >= 15 is 0 Å². The molecule has 1 heterocycles.